The molecule has 0 bridgehead atoms. The van der Waals surface area contributed by atoms with Gasteiger partial charge in [0.1, 0.15) is 11.8 Å². The Kier molecular flexibility index (Phi) is 5.39. The monoisotopic (exact) mass is 367 g/mol. The van der Waals surface area contributed by atoms with Crippen LogP contribution >= 0.6 is 11.8 Å². The van der Waals surface area contributed by atoms with E-state index in [1.807, 2.05) is 24.6 Å². The standard InChI is InChI=1S/C18H17N5O2S/c1-12-14(7-9-25-12)17-21-22-18(23(17)2)26-10-8-16(24)20-15-6-4-3-5-13(15)11-19/h3-7,9H,8,10H2,1-2H3,(H,20,24). The summed E-state index contributed by atoms with van der Waals surface area (Å²) in [4.78, 5) is 12.1. The van der Waals surface area contributed by atoms with Crippen molar-refractivity contribution in [3.05, 3.63) is 47.9 Å². The van der Waals surface area contributed by atoms with E-state index in [9.17, 15) is 4.79 Å². The lowest BCUT2D eigenvalue weighted by Crippen LogP contribution is -2.13. The third-order valence-electron chi connectivity index (χ3n) is 3.82. The predicted molar refractivity (Wildman–Crippen MR) is 98.6 cm³/mol. The molecule has 2 aromatic heterocycles. The molecule has 0 aliphatic heterocycles. The number of carbonyl (C=O) groups excluding carboxylic acids is 1. The van der Waals surface area contributed by atoms with E-state index >= 15 is 0 Å². The van der Waals surface area contributed by atoms with Gasteiger partial charge in [0.2, 0.25) is 5.91 Å². The third kappa shape index (κ3) is 3.78. The van der Waals surface area contributed by atoms with E-state index < -0.39 is 0 Å². The van der Waals surface area contributed by atoms with E-state index in [4.69, 9.17) is 9.68 Å². The maximum atomic E-state index is 12.1. The van der Waals surface area contributed by atoms with Crippen molar-refractivity contribution in [2.45, 2.75) is 18.5 Å². The number of nitrogens with one attached hydrogen (secondary N) is 1. The minimum Gasteiger partial charge on any atom is -0.469 e. The molecule has 1 N–H and O–H groups in total. The molecule has 0 unspecified atom stereocenters. The first-order valence-corrected chi connectivity index (χ1v) is 8.94. The van der Waals surface area contributed by atoms with Crippen molar-refractivity contribution in [1.82, 2.24) is 14.8 Å². The summed E-state index contributed by atoms with van der Waals surface area (Å²) in [6.07, 6.45) is 1.92. The van der Waals surface area contributed by atoms with Crippen LogP contribution in [0.2, 0.25) is 0 Å². The molecule has 132 valence electrons. The number of carbonyl (C=O) groups is 1. The summed E-state index contributed by atoms with van der Waals surface area (Å²) in [5.41, 5.74) is 1.88. The van der Waals surface area contributed by atoms with E-state index in [-0.39, 0.29) is 5.91 Å². The van der Waals surface area contributed by atoms with Crippen molar-refractivity contribution in [1.29, 1.82) is 5.26 Å². The van der Waals surface area contributed by atoms with E-state index in [2.05, 4.69) is 21.6 Å². The molecule has 0 spiro atoms. The summed E-state index contributed by atoms with van der Waals surface area (Å²) in [5.74, 6) is 1.92. The number of furan rings is 1. The summed E-state index contributed by atoms with van der Waals surface area (Å²) in [5, 5.41) is 20.9. The lowest BCUT2D eigenvalue weighted by atomic mass is 10.2. The second-order valence-corrected chi connectivity index (χ2v) is 6.62. The van der Waals surface area contributed by atoms with Crippen molar-refractivity contribution in [2.75, 3.05) is 11.1 Å². The molecule has 0 saturated heterocycles. The second-order valence-electron chi connectivity index (χ2n) is 5.56. The van der Waals surface area contributed by atoms with E-state index in [0.29, 0.717) is 23.4 Å². The fourth-order valence-electron chi connectivity index (χ4n) is 2.43. The number of benzene rings is 1. The quantitative estimate of drug-likeness (QED) is 0.671. The summed E-state index contributed by atoms with van der Waals surface area (Å²) < 4.78 is 7.19. The molecular weight excluding hydrogens is 350 g/mol. The van der Waals surface area contributed by atoms with Gasteiger partial charge in [-0.15, -0.1) is 10.2 Å². The van der Waals surface area contributed by atoms with Gasteiger partial charge in [-0.05, 0) is 25.1 Å². The van der Waals surface area contributed by atoms with Gasteiger partial charge in [0.25, 0.3) is 0 Å². The van der Waals surface area contributed by atoms with E-state index in [1.165, 1.54) is 11.8 Å². The normalized spacial score (nSPS) is 10.5. The molecule has 8 heteroatoms. The molecule has 0 aliphatic carbocycles. The number of aryl methyl sites for hydroxylation is 1. The Bertz CT molecular complexity index is 970. The smallest absolute Gasteiger partial charge is 0.225 e. The Morgan fingerprint density at radius 3 is 2.88 bits per heavy atom. The van der Waals surface area contributed by atoms with Gasteiger partial charge in [-0.3, -0.25) is 4.79 Å². The fraction of sp³-hybridized carbons (Fsp3) is 0.222. The first-order valence-electron chi connectivity index (χ1n) is 7.95. The molecule has 26 heavy (non-hydrogen) atoms. The summed E-state index contributed by atoms with van der Waals surface area (Å²) in [6, 6.07) is 10.8. The largest absolute Gasteiger partial charge is 0.469 e. The SMILES string of the molecule is Cc1occc1-c1nnc(SCCC(=O)Nc2ccccc2C#N)n1C. The van der Waals surface area contributed by atoms with Crippen LogP contribution in [0.15, 0.2) is 46.2 Å². The second kappa shape index (κ2) is 7.89. The number of nitrogens with zero attached hydrogens (tertiary/aromatic N) is 4. The number of rotatable bonds is 6. The van der Waals surface area contributed by atoms with Crippen LogP contribution < -0.4 is 5.32 Å². The highest BCUT2D eigenvalue weighted by Gasteiger charge is 2.15. The van der Waals surface area contributed by atoms with Crippen molar-refractivity contribution >= 4 is 23.4 Å². The van der Waals surface area contributed by atoms with Gasteiger partial charge in [-0.25, -0.2) is 0 Å². The molecule has 0 aliphatic rings. The van der Waals surface area contributed by atoms with Crippen LogP contribution in [-0.2, 0) is 11.8 Å². The van der Waals surface area contributed by atoms with Crippen LogP contribution in [0.1, 0.15) is 17.7 Å². The van der Waals surface area contributed by atoms with Gasteiger partial charge < -0.3 is 14.3 Å². The number of hydrogen-bond donors (Lipinski definition) is 1. The molecule has 0 radical (unpaired) electrons. The first-order chi connectivity index (χ1) is 12.6. The maximum absolute atomic E-state index is 12.1. The Balaban J connectivity index is 1.57. The zero-order valence-electron chi connectivity index (χ0n) is 14.4. The van der Waals surface area contributed by atoms with Crippen molar-refractivity contribution in [3.8, 4) is 17.5 Å². The van der Waals surface area contributed by atoms with E-state index in [0.717, 1.165) is 22.3 Å². The molecule has 2 heterocycles. The maximum Gasteiger partial charge on any atom is 0.225 e. The van der Waals surface area contributed by atoms with Gasteiger partial charge in [0, 0.05) is 19.2 Å². The lowest BCUT2D eigenvalue weighted by molar-refractivity contribution is -0.115. The average molecular weight is 367 g/mol. The molecule has 1 amide bonds. The number of hydrogen-bond acceptors (Lipinski definition) is 6. The van der Waals surface area contributed by atoms with Crippen LogP contribution in [0.5, 0.6) is 0 Å². The van der Waals surface area contributed by atoms with Crippen LogP contribution in [0.3, 0.4) is 0 Å². The Morgan fingerprint density at radius 1 is 1.35 bits per heavy atom. The molecule has 0 saturated carbocycles. The number of aromatic nitrogens is 3. The predicted octanol–water partition coefficient (Wildman–Crippen LogP) is 3.38. The van der Waals surface area contributed by atoms with Crippen molar-refractivity contribution < 1.29 is 9.21 Å². The van der Waals surface area contributed by atoms with Gasteiger partial charge in [-0.2, -0.15) is 5.26 Å². The van der Waals surface area contributed by atoms with Crippen LogP contribution in [0.4, 0.5) is 5.69 Å². The molecule has 3 aromatic rings. The van der Waals surface area contributed by atoms with Gasteiger partial charge in [0.15, 0.2) is 11.0 Å². The zero-order chi connectivity index (χ0) is 18.5. The molecule has 0 fully saturated rings. The number of para-hydroxylation sites is 1. The van der Waals surface area contributed by atoms with Crippen LogP contribution in [0, 0.1) is 18.3 Å². The minimum absolute atomic E-state index is 0.145. The van der Waals surface area contributed by atoms with Gasteiger partial charge in [-0.1, -0.05) is 23.9 Å². The molecular formula is C18H17N5O2S. The molecule has 7 nitrogen and oxygen atoms in total. The molecule has 3 rings (SSSR count). The molecule has 1 aromatic carbocycles. The lowest BCUT2D eigenvalue weighted by Gasteiger charge is -2.06. The Hall–Kier alpha value is -3.05. The average Bonchev–Trinajstić information content (AvgIpc) is 3.21. The Labute approximate surface area is 155 Å². The Morgan fingerprint density at radius 2 is 2.15 bits per heavy atom. The van der Waals surface area contributed by atoms with Crippen LogP contribution in [0.25, 0.3) is 11.4 Å². The first kappa shape index (κ1) is 17.8. The van der Waals surface area contributed by atoms with E-state index in [1.54, 1.807) is 30.5 Å². The summed E-state index contributed by atoms with van der Waals surface area (Å²) in [6.45, 7) is 1.88. The number of amides is 1. The van der Waals surface area contributed by atoms with Gasteiger partial charge in [0.05, 0.1) is 23.1 Å². The van der Waals surface area contributed by atoms with Crippen LogP contribution in [-0.4, -0.2) is 26.4 Å². The summed E-state index contributed by atoms with van der Waals surface area (Å²) >= 11 is 1.45. The minimum atomic E-state index is -0.145. The number of thioether (sulfide) groups is 1. The highest BCUT2D eigenvalue weighted by atomic mass is 32.2. The summed E-state index contributed by atoms with van der Waals surface area (Å²) in [7, 11) is 1.88. The topological polar surface area (TPSA) is 96.7 Å². The number of nitriles is 1. The van der Waals surface area contributed by atoms with Crippen molar-refractivity contribution in [2.24, 2.45) is 7.05 Å². The zero-order valence-corrected chi connectivity index (χ0v) is 15.2. The fourth-order valence-corrected chi connectivity index (χ4v) is 3.28. The highest BCUT2D eigenvalue weighted by molar-refractivity contribution is 7.99. The van der Waals surface area contributed by atoms with Gasteiger partial charge >= 0.3 is 0 Å². The number of anilines is 1. The highest BCUT2D eigenvalue weighted by Crippen LogP contribution is 2.26. The third-order valence-corrected chi connectivity index (χ3v) is 4.84. The van der Waals surface area contributed by atoms with Crippen molar-refractivity contribution in [3.63, 3.8) is 0 Å². The molecule has 0 atom stereocenters.